The summed E-state index contributed by atoms with van der Waals surface area (Å²) in [6.07, 6.45) is 2.59. The van der Waals surface area contributed by atoms with Crippen LogP contribution in [0.3, 0.4) is 0 Å². The monoisotopic (exact) mass is 348 g/mol. The maximum Gasteiger partial charge on any atom is 0.317 e. The Kier molecular flexibility index (Phi) is 6.41. The minimum atomic E-state index is -3.25. The topological polar surface area (TPSA) is 98.8 Å². The number of sulfonamides is 1. The average molecular weight is 348 g/mol. The lowest BCUT2D eigenvalue weighted by Gasteiger charge is -2.32. The van der Waals surface area contributed by atoms with Crippen LogP contribution in [0.2, 0.25) is 0 Å². The van der Waals surface area contributed by atoms with Gasteiger partial charge in [0.25, 0.3) is 0 Å². The molecule has 1 saturated heterocycles. The normalized spacial score (nSPS) is 20.0. The summed E-state index contributed by atoms with van der Waals surface area (Å²) in [5.41, 5.74) is -0.353. The van der Waals surface area contributed by atoms with Crippen LogP contribution < -0.4 is 10.6 Å². The molecule has 3 amide bonds. The largest absolute Gasteiger partial charge is 0.350 e. The zero-order valence-corrected chi connectivity index (χ0v) is 15.4. The number of rotatable bonds is 4. The summed E-state index contributed by atoms with van der Waals surface area (Å²) < 4.78 is 24.5. The van der Waals surface area contributed by atoms with Gasteiger partial charge in [-0.3, -0.25) is 4.79 Å². The SMILES string of the molecule is CN(CC(=O)NC(C)(C)C)C(=O)NC1CCCN(S(C)(=O)=O)C1. The highest BCUT2D eigenvalue weighted by Crippen LogP contribution is 2.13. The van der Waals surface area contributed by atoms with E-state index in [4.69, 9.17) is 0 Å². The van der Waals surface area contributed by atoms with E-state index in [0.717, 1.165) is 6.42 Å². The lowest BCUT2D eigenvalue weighted by molar-refractivity contribution is -0.122. The molecule has 1 fully saturated rings. The molecule has 0 aromatic heterocycles. The number of nitrogens with zero attached hydrogens (tertiary/aromatic N) is 2. The molecule has 0 bridgehead atoms. The van der Waals surface area contributed by atoms with Crippen LogP contribution in [-0.2, 0) is 14.8 Å². The van der Waals surface area contributed by atoms with Crippen LogP contribution in [0.25, 0.3) is 0 Å². The van der Waals surface area contributed by atoms with Crippen molar-refractivity contribution in [2.45, 2.75) is 45.2 Å². The summed E-state index contributed by atoms with van der Waals surface area (Å²) in [4.78, 5) is 25.3. The molecule has 1 rings (SSSR count). The van der Waals surface area contributed by atoms with Crippen molar-refractivity contribution in [2.24, 2.45) is 0 Å². The van der Waals surface area contributed by atoms with Crippen molar-refractivity contribution in [3.63, 3.8) is 0 Å². The summed E-state index contributed by atoms with van der Waals surface area (Å²) in [5.74, 6) is -0.239. The van der Waals surface area contributed by atoms with Gasteiger partial charge in [0.1, 0.15) is 6.54 Å². The van der Waals surface area contributed by atoms with E-state index in [-0.39, 0.29) is 36.6 Å². The van der Waals surface area contributed by atoms with Crippen LogP contribution >= 0.6 is 0 Å². The second-order valence-electron chi connectivity index (χ2n) is 7.06. The third-order valence-corrected chi connectivity index (χ3v) is 4.69. The predicted octanol–water partition coefficient (Wildman–Crippen LogP) is -0.0335. The Bertz CT molecular complexity index is 541. The Morgan fingerprint density at radius 3 is 2.43 bits per heavy atom. The van der Waals surface area contributed by atoms with E-state index in [0.29, 0.717) is 13.0 Å². The number of carbonyl (C=O) groups excluding carboxylic acids is 2. The van der Waals surface area contributed by atoms with E-state index in [1.54, 1.807) is 0 Å². The van der Waals surface area contributed by atoms with Crippen molar-refractivity contribution >= 4 is 22.0 Å². The molecule has 0 aromatic rings. The predicted molar refractivity (Wildman–Crippen MR) is 88.5 cm³/mol. The zero-order chi connectivity index (χ0) is 17.8. The van der Waals surface area contributed by atoms with Gasteiger partial charge in [-0.15, -0.1) is 0 Å². The molecule has 1 aliphatic rings. The molecular weight excluding hydrogens is 320 g/mol. The molecule has 23 heavy (non-hydrogen) atoms. The Labute approximate surface area is 138 Å². The number of amides is 3. The highest BCUT2D eigenvalue weighted by molar-refractivity contribution is 7.88. The number of likely N-dealkylation sites (N-methyl/N-ethyl adjacent to an activating group) is 1. The van der Waals surface area contributed by atoms with Crippen LogP contribution in [0.5, 0.6) is 0 Å². The highest BCUT2D eigenvalue weighted by Gasteiger charge is 2.27. The fourth-order valence-electron chi connectivity index (χ4n) is 2.39. The van der Waals surface area contributed by atoms with Crippen molar-refractivity contribution < 1.29 is 18.0 Å². The second kappa shape index (κ2) is 7.48. The van der Waals surface area contributed by atoms with Gasteiger partial charge in [0.15, 0.2) is 0 Å². The lowest BCUT2D eigenvalue weighted by atomic mass is 10.1. The van der Waals surface area contributed by atoms with Crippen molar-refractivity contribution in [3.8, 4) is 0 Å². The smallest absolute Gasteiger partial charge is 0.317 e. The fourth-order valence-corrected chi connectivity index (χ4v) is 3.30. The van der Waals surface area contributed by atoms with Gasteiger partial charge in [-0.05, 0) is 33.6 Å². The summed E-state index contributed by atoms with van der Waals surface area (Å²) in [6.45, 7) is 6.31. The van der Waals surface area contributed by atoms with E-state index < -0.39 is 10.0 Å². The summed E-state index contributed by atoms with van der Waals surface area (Å²) in [5, 5.41) is 5.58. The van der Waals surface area contributed by atoms with Gasteiger partial charge in [0, 0.05) is 31.7 Å². The number of hydrogen-bond donors (Lipinski definition) is 2. The number of carbonyl (C=O) groups is 2. The molecule has 0 saturated carbocycles. The first-order valence-corrected chi connectivity index (χ1v) is 9.51. The van der Waals surface area contributed by atoms with Crippen LogP contribution in [0.1, 0.15) is 33.6 Å². The number of nitrogens with one attached hydrogen (secondary N) is 2. The molecule has 2 N–H and O–H groups in total. The fraction of sp³-hybridized carbons (Fsp3) is 0.857. The van der Waals surface area contributed by atoms with Gasteiger partial charge >= 0.3 is 6.03 Å². The maximum absolute atomic E-state index is 12.1. The van der Waals surface area contributed by atoms with Crippen molar-refractivity contribution in [2.75, 3.05) is 32.9 Å². The molecule has 0 spiro atoms. The molecule has 1 unspecified atom stereocenters. The van der Waals surface area contributed by atoms with E-state index in [1.165, 1.54) is 22.5 Å². The Hall–Kier alpha value is -1.35. The van der Waals surface area contributed by atoms with Gasteiger partial charge in [0.2, 0.25) is 15.9 Å². The standard InChI is InChI=1S/C14H28N4O4S/c1-14(2,3)16-12(19)10-17(4)13(20)15-11-7-6-8-18(9-11)23(5,21)22/h11H,6-10H2,1-5H3,(H,15,20)(H,16,19). The highest BCUT2D eigenvalue weighted by atomic mass is 32.2. The van der Waals surface area contributed by atoms with Gasteiger partial charge < -0.3 is 15.5 Å². The molecule has 0 aromatic carbocycles. The van der Waals surface area contributed by atoms with Crippen molar-refractivity contribution in [3.05, 3.63) is 0 Å². The van der Waals surface area contributed by atoms with Crippen LogP contribution in [0.4, 0.5) is 4.79 Å². The third kappa shape index (κ3) is 7.17. The molecule has 134 valence electrons. The minimum Gasteiger partial charge on any atom is -0.350 e. The van der Waals surface area contributed by atoms with Gasteiger partial charge in [-0.1, -0.05) is 0 Å². The molecule has 1 atom stereocenters. The minimum absolute atomic E-state index is 0.0500. The first kappa shape index (κ1) is 19.7. The maximum atomic E-state index is 12.1. The van der Waals surface area contributed by atoms with Crippen LogP contribution in [-0.4, -0.2) is 74.1 Å². The molecule has 1 heterocycles. The first-order valence-electron chi connectivity index (χ1n) is 7.66. The van der Waals surface area contributed by atoms with Crippen LogP contribution in [0.15, 0.2) is 0 Å². The van der Waals surface area contributed by atoms with E-state index in [2.05, 4.69) is 10.6 Å². The average Bonchev–Trinajstić information content (AvgIpc) is 2.35. The van der Waals surface area contributed by atoms with E-state index in [1.807, 2.05) is 20.8 Å². The Morgan fingerprint density at radius 1 is 1.30 bits per heavy atom. The Morgan fingerprint density at radius 2 is 1.91 bits per heavy atom. The summed E-state index contributed by atoms with van der Waals surface area (Å²) >= 11 is 0. The lowest BCUT2D eigenvalue weighted by Crippen LogP contribution is -2.53. The van der Waals surface area contributed by atoms with Gasteiger partial charge in [0.05, 0.1) is 6.26 Å². The van der Waals surface area contributed by atoms with Crippen molar-refractivity contribution in [1.29, 1.82) is 0 Å². The zero-order valence-electron chi connectivity index (χ0n) is 14.5. The summed E-state index contributed by atoms with van der Waals surface area (Å²) in [6, 6.07) is -0.617. The number of hydrogen-bond acceptors (Lipinski definition) is 4. The molecule has 1 aliphatic heterocycles. The van der Waals surface area contributed by atoms with E-state index >= 15 is 0 Å². The van der Waals surface area contributed by atoms with E-state index in [9.17, 15) is 18.0 Å². The molecule has 9 heteroatoms. The number of piperidine rings is 1. The molecular formula is C14H28N4O4S. The van der Waals surface area contributed by atoms with Gasteiger partial charge in [-0.2, -0.15) is 0 Å². The van der Waals surface area contributed by atoms with Crippen LogP contribution in [0, 0.1) is 0 Å². The Balaban J connectivity index is 2.50. The van der Waals surface area contributed by atoms with Crippen molar-refractivity contribution in [1.82, 2.24) is 19.8 Å². The van der Waals surface area contributed by atoms with Gasteiger partial charge in [-0.25, -0.2) is 17.5 Å². The quantitative estimate of drug-likeness (QED) is 0.745. The number of urea groups is 1. The second-order valence-corrected chi connectivity index (χ2v) is 9.05. The molecule has 8 nitrogen and oxygen atoms in total. The molecule has 0 aliphatic carbocycles. The first-order chi connectivity index (χ1) is 10.4. The summed E-state index contributed by atoms with van der Waals surface area (Å²) in [7, 11) is -1.71. The molecule has 0 radical (unpaired) electrons. The third-order valence-electron chi connectivity index (χ3n) is 3.42.